The van der Waals surface area contributed by atoms with Gasteiger partial charge in [-0.25, -0.2) is 13.2 Å². The molecule has 10 heteroatoms. The van der Waals surface area contributed by atoms with Gasteiger partial charge in [-0.2, -0.15) is 13.1 Å². The number of benzene rings is 1. The molecule has 6 nitrogen and oxygen atoms in total. The maximum atomic E-state index is 14.8. The minimum absolute atomic E-state index is 0.0829. The van der Waals surface area contributed by atoms with Crippen LogP contribution >= 0.6 is 22.6 Å². The first kappa shape index (κ1) is 25.7. The van der Waals surface area contributed by atoms with Crippen molar-refractivity contribution in [3.05, 3.63) is 65.5 Å². The SMILES string of the molecule is CCOC(=O)C(F)(F)C[C@]1(C)CN(S(=O)(=O)c2ccc(C)cc2)C/C1=C(\I)c1ccccn1. The Kier molecular flexibility index (Phi) is 7.59. The molecule has 0 N–H and O–H groups in total. The molecule has 1 atom stereocenters. The average molecular weight is 590 g/mol. The molecule has 2 heterocycles. The molecule has 0 bridgehead atoms. The summed E-state index contributed by atoms with van der Waals surface area (Å²) in [6.45, 7) is 4.40. The van der Waals surface area contributed by atoms with E-state index in [1.54, 1.807) is 43.5 Å². The molecular formula is C23H25F2IN2O4S. The highest BCUT2D eigenvalue weighted by atomic mass is 127. The number of ether oxygens (including phenoxy) is 1. The molecule has 0 spiro atoms. The third kappa shape index (κ3) is 5.43. The third-order valence-corrected chi connectivity index (χ3v) is 8.60. The van der Waals surface area contributed by atoms with Gasteiger partial charge in [0.2, 0.25) is 10.0 Å². The van der Waals surface area contributed by atoms with Gasteiger partial charge in [-0.3, -0.25) is 4.98 Å². The molecule has 1 fully saturated rings. The molecule has 0 radical (unpaired) electrons. The van der Waals surface area contributed by atoms with Gasteiger partial charge in [-0.1, -0.05) is 30.7 Å². The predicted octanol–water partition coefficient (Wildman–Crippen LogP) is 4.84. The first-order valence-electron chi connectivity index (χ1n) is 10.3. The fourth-order valence-electron chi connectivity index (χ4n) is 3.88. The van der Waals surface area contributed by atoms with Gasteiger partial charge in [0, 0.05) is 34.7 Å². The second kappa shape index (κ2) is 9.75. The Bertz CT molecular complexity index is 1150. The highest BCUT2D eigenvalue weighted by Crippen LogP contribution is 2.49. The molecule has 0 aliphatic carbocycles. The van der Waals surface area contributed by atoms with Gasteiger partial charge in [-0.15, -0.1) is 0 Å². The third-order valence-electron chi connectivity index (χ3n) is 5.59. The van der Waals surface area contributed by atoms with Crippen LogP contribution in [0.3, 0.4) is 0 Å². The summed E-state index contributed by atoms with van der Waals surface area (Å²) in [6, 6.07) is 11.6. The van der Waals surface area contributed by atoms with E-state index >= 15 is 0 Å². The van der Waals surface area contributed by atoms with Gasteiger partial charge >= 0.3 is 11.9 Å². The Morgan fingerprint density at radius 1 is 1.24 bits per heavy atom. The smallest absolute Gasteiger partial charge is 0.376 e. The lowest BCUT2D eigenvalue weighted by Gasteiger charge is -2.30. The second-order valence-corrected chi connectivity index (χ2v) is 11.3. The zero-order valence-electron chi connectivity index (χ0n) is 18.5. The van der Waals surface area contributed by atoms with Gasteiger partial charge < -0.3 is 4.74 Å². The van der Waals surface area contributed by atoms with Crippen LogP contribution in [0.25, 0.3) is 3.58 Å². The van der Waals surface area contributed by atoms with E-state index in [1.165, 1.54) is 23.4 Å². The summed E-state index contributed by atoms with van der Waals surface area (Å²) in [5, 5.41) is 0. The van der Waals surface area contributed by atoms with E-state index in [1.807, 2.05) is 29.5 Å². The maximum absolute atomic E-state index is 14.8. The number of alkyl halides is 2. The summed E-state index contributed by atoms with van der Waals surface area (Å²) in [4.78, 5) is 16.3. The normalized spacial score (nSPS) is 21.2. The summed E-state index contributed by atoms with van der Waals surface area (Å²) in [7, 11) is -3.95. The van der Waals surface area contributed by atoms with Crippen molar-refractivity contribution < 1.29 is 26.7 Å². The number of hydrogen-bond donors (Lipinski definition) is 0. The largest absolute Gasteiger partial charge is 0.462 e. The molecule has 0 unspecified atom stereocenters. The number of hydrogen-bond acceptors (Lipinski definition) is 5. The minimum atomic E-state index is -3.95. The number of rotatable bonds is 7. The molecule has 1 aromatic heterocycles. The van der Waals surface area contributed by atoms with Gasteiger partial charge in [0.15, 0.2) is 0 Å². The summed E-state index contributed by atoms with van der Waals surface area (Å²) in [5.41, 5.74) is 0.622. The summed E-state index contributed by atoms with van der Waals surface area (Å²) in [6.07, 6.45) is 0.697. The Balaban J connectivity index is 2.07. The molecule has 33 heavy (non-hydrogen) atoms. The number of carbonyl (C=O) groups is 1. The minimum Gasteiger partial charge on any atom is -0.462 e. The Labute approximate surface area is 206 Å². The monoisotopic (exact) mass is 590 g/mol. The number of nitrogens with zero attached hydrogens (tertiary/aromatic N) is 2. The van der Waals surface area contributed by atoms with Crippen LogP contribution in [0.5, 0.6) is 0 Å². The van der Waals surface area contributed by atoms with Crippen LogP contribution in [0.15, 0.2) is 59.1 Å². The highest BCUT2D eigenvalue weighted by Gasteiger charge is 2.53. The topological polar surface area (TPSA) is 76.6 Å². The van der Waals surface area contributed by atoms with Gasteiger partial charge in [0.05, 0.1) is 17.2 Å². The van der Waals surface area contributed by atoms with Crippen LogP contribution in [0.1, 0.15) is 31.5 Å². The van der Waals surface area contributed by atoms with Gasteiger partial charge in [-0.05, 0) is 66.3 Å². The molecule has 2 aromatic rings. The van der Waals surface area contributed by atoms with Crippen LogP contribution in [-0.2, 0) is 19.6 Å². The number of halogens is 3. The molecule has 178 valence electrons. The van der Waals surface area contributed by atoms with Crippen LogP contribution in [0, 0.1) is 12.3 Å². The lowest BCUT2D eigenvalue weighted by molar-refractivity contribution is -0.175. The van der Waals surface area contributed by atoms with E-state index in [2.05, 4.69) is 9.72 Å². The number of aryl methyl sites for hydroxylation is 1. The number of sulfonamides is 1. The summed E-state index contributed by atoms with van der Waals surface area (Å²) < 4.78 is 62.7. The van der Waals surface area contributed by atoms with Gasteiger partial charge in [0.25, 0.3) is 0 Å². The van der Waals surface area contributed by atoms with Crippen molar-refractivity contribution in [2.24, 2.45) is 5.41 Å². The van der Waals surface area contributed by atoms with E-state index in [-0.39, 0.29) is 24.6 Å². The molecule has 1 saturated heterocycles. The van der Waals surface area contributed by atoms with Crippen molar-refractivity contribution in [2.45, 2.75) is 38.0 Å². The second-order valence-electron chi connectivity index (χ2n) is 8.26. The Hall–Kier alpha value is -1.92. The fraction of sp³-hybridized carbons (Fsp3) is 0.391. The van der Waals surface area contributed by atoms with Crippen LogP contribution in [-0.4, -0.2) is 49.3 Å². The highest BCUT2D eigenvalue weighted by molar-refractivity contribution is 14.1. The molecule has 1 aromatic carbocycles. The molecular weight excluding hydrogens is 565 g/mol. The lowest BCUT2D eigenvalue weighted by Crippen LogP contribution is -2.39. The molecule has 1 aliphatic heterocycles. The van der Waals surface area contributed by atoms with Crippen LogP contribution < -0.4 is 0 Å². The van der Waals surface area contributed by atoms with Crippen molar-refractivity contribution in [1.29, 1.82) is 0 Å². The number of aromatic nitrogens is 1. The van der Waals surface area contributed by atoms with E-state index in [0.717, 1.165) is 5.56 Å². The first-order valence-corrected chi connectivity index (χ1v) is 12.8. The quantitative estimate of drug-likeness (QED) is 0.341. The predicted molar refractivity (Wildman–Crippen MR) is 129 cm³/mol. The number of pyridine rings is 1. The van der Waals surface area contributed by atoms with Crippen LogP contribution in [0.2, 0.25) is 0 Å². The maximum Gasteiger partial charge on any atom is 0.376 e. The van der Waals surface area contributed by atoms with Crippen molar-refractivity contribution in [3.8, 4) is 0 Å². The van der Waals surface area contributed by atoms with E-state index in [4.69, 9.17) is 0 Å². The van der Waals surface area contributed by atoms with Gasteiger partial charge in [0.1, 0.15) is 0 Å². The van der Waals surface area contributed by atoms with Crippen molar-refractivity contribution in [1.82, 2.24) is 9.29 Å². The molecule has 3 rings (SSSR count). The lowest BCUT2D eigenvalue weighted by atomic mass is 9.79. The average Bonchev–Trinajstić information content (AvgIpc) is 3.11. The number of esters is 1. The molecule has 0 amide bonds. The fourth-order valence-corrected chi connectivity index (χ4v) is 6.55. The standard InChI is InChI=1S/C23H25F2IN2O4S/c1-4-32-21(29)23(24,25)14-22(3)15-28(33(30,31)17-10-8-16(2)9-11-17)13-18(22)20(26)19-7-5-6-12-27-19/h5-12H,4,13-15H2,1-3H3/b20-18+/t22-/m1/s1. The summed E-state index contributed by atoms with van der Waals surface area (Å²) >= 11 is 2.01. The van der Waals surface area contributed by atoms with E-state index in [9.17, 15) is 22.0 Å². The Morgan fingerprint density at radius 2 is 1.91 bits per heavy atom. The van der Waals surface area contributed by atoms with Crippen molar-refractivity contribution >= 4 is 42.2 Å². The van der Waals surface area contributed by atoms with Crippen LogP contribution in [0.4, 0.5) is 8.78 Å². The molecule has 0 saturated carbocycles. The Morgan fingerprint density at radius 3 is 2.48 bits per heavy atom. The number of carbonyl (C=O) groups excluding carboxylic acids is 1. The van der Waals surface area contributed by atoms with E-state index < -0.39 is 33.8 Å². The molecule has 1 aliphatic rings. The first-order chi connectivity index (χ1) is 15.4. The summed E-state index contributed by atoms with van der Waals surface area (Å²) in [5.74, 6) is -5.39. The zero-order valence-corrected chi connectivity index (χ0v) is 21.5. The zero-order chi connectivity index (χ0) is 24.4. The van der Waals surface area contributed by atoms with Crippen molar-refractivity contribution in [3.63, 3.8) is 0 Å². The van der Waals surface area contributed by atoms with E-state index in [0.29, 0.717) is 14.8 Å². The van der Waals surface area contributed by atoms with Crippen molar-refractivity contribution in [2.75, 3.05) is 19.7 Å².